The van der Waals surface area contributed by atoms with Crippen molar-refractivity contribution in [3.05, 3.63) is 17.7 Å². The van der Waals surface area contributed by atoms with Crippen molar-refractivity contribution < 1.29 is 14.2 Å². The normalized spacial score (nSPS) is 13.1. The van der Waals surface area contributed by atoms with Gasteiger partial charge in [0.25, 0.3) is 0 Å². The number of rotatable bonds is 2. The smallest absolute Gasteiger partial charge is 0.231 e. The Morgan fingerprint density at radius 2 is 2.08 bits per heavy atom. The van der Waals surface area contributed by atoms with E-state index in [-0.39, 0.29) is 0 Å². The number of methoxy groups -OCH3 is 1. The molecule has 0 saturated heterocycles. The van der Waals surface area contributed by atoms with Crippen LogP contribution >= 0.6 is 0 Å². The molecule has 0 atom stereocenters. The second-order valence-electron chi connectivity index (χ2n) is 2.85. The van der Waals surface area contributed by atoms with Gasteiger partial charge in [0.1, 0.15) is 0 Å². The molecular formula is C10H12O3. The van der Waals surface area contributed by atoms with Crippen LogP contribution in [-0.2, 0) is 6.42 Å². The van der Waals surface area contributed by atoms with Crippen LogP contribution in [0.15, 0.2) is 12.1 Å². The Bertz CT molecular complexity index is 289. The molecule has 0 bridgehead atoms. The fraction of sp³-hybridized carbons (Fsp3) is 0.400. The van der Waals surface area contributed by atoms with Gasteiger partial charge in [-0.25, -0.2) is 0 Å². The minimum Gasteiger partial charge on any atom is -0.493 e. The van der Waals surface area contributed by atoms with Crippen LogP contribution in [-0.4, -0.2) is 13.9 Å². The van der Waals surface area contributed by atoms with E-state index in [1.54, 1.807) is 7.11 Å². The molecule has 0 unspecified atom stereocenters. The fourth-order valence-corrected chi connectivity index (χ4v) is 1.47. The first kappa shape index (κ1) is 8.23. The Balaban J connectivity index is 2.52. The molecular weight excluding hydrogens is 168 g/mol. The van der Waals surface area contributed by atoms with Crippen LogP contribution in [0.5, 0.6) is 17.2 Å². The fourth-order valence-electron chi connectivity index (χ4n) is 1.47. The number of aryl methyl sites for hydroxylation is 1. The van der Waals surface area contributed by atoms with Crippen molar-refractivity contribution in [1.29, 1.82) is 0 Å². The average molecular weight is 180 g/mol. The van der Waals surface area contributed by atoms with E-state index in [0.29, 0.717) is 6.79 Å². The van der Waals surface area contributed by atoms with Crippen LogP contribution in [0.3, 0.4) is 0 Å². The molecule has 13 heavy (non-hydrogen) atoms. The average Bonchev–Trinajstić information content (AvgIpc) is 2.64. The lowest BCUT2D eigenvalue weighted by Crippen LogP contribution is -1.94. The maximum absolute atomic E-state index is 5.36. The standard InChI is InChI=1S/C10H12O3/c1-3-7-4-5-8(11-2)10-9(7)12-6-13-10/h4-5H,3,6H2,1-2H3. The Hall–Kier alpha value is -1.38. The van der Waals surface area contributed by atoms with Crippen LogP contribution in [0.2, 0.25) is 0 Å². The van der Waals surface area contributed by atoms with Gasteiger partial charge < -0.3 is 14.2 Å². The molecule has 1 aliphatic rings. The molecule has 0 saturated carbocycles. The van der Waals surface area contributed by atoms with Crippen LogP contribution in [0.25, 0.3) is 0 Å². The third-order valence-corrected chi connectivity index (χ3v) is 2.16. The van der Waals surface area contributed by atoms with E-state index in [1.165, 1.54) is 0 Å². The first-order chi connectivity index (χ1) is 6.36. The van der Waals surface area contributed by atoms with Crippen molar-refractivity contribution in [3.8, 4) is 17.2 Å². The van der Waals surface area contributed by atoms with Crippen molar-refractivity contribution in [2.45, 2.75) is 13.3 Å². The van der Waals surface area contributed by atoms with E-state index in [0.717, 1.165) is 29.2 Å². The van der Waals surface area contributed by atoms with E-state index in [4.69, 9.17) is 14.2 Å². The molecule has 1 aromatic carbocycles. The maximum Gasteiger partial charge on any atom is 0.231 e. The quantitative estimate of drug-likeness (QED) is 0.696. The molecule has 0 spiro atoms. The maximum atomic E-state index is 5.36. The summed E-state index contributed by atoms with van der Waals surface area (Å²) in [4.78, 5) is 0. The van der Waals surface area contributed by atoms with Crippen LogP contribution < -0.4 is 14.2 Å². The summed E-state index contributed by atoms with van der Waals surface area (Å²) >= 11 is 0. The highest BCUT2D eigenvalue weighted by Gasteiger charge is 2.21. The summed E-state index contributed by atoms with van der Waals surface area (Å²) in [7, 11) is 1.63. The van der Waals surface area contributed by atoms with Gasteiger partial charge in [0.15, 0.2) is 11.5 Å². The first-order valence-corrected chi connectivity index (χ1v) is 4.32. The zero-order valence-corrected chi connectivity index (χ0v) is 7.79. The highest BCUT2D eigenvalue weighted by atomic mass is 16.7. The minimum absolute atomic E-state index is 0.294. The monoisotopic (exact) mass is 180 g/mol. The zero-order valence-electron chi connectivity index (χ0n) is 7.79. The van der Waals surface area contributed by atoms with E-state index in [2.05, 4.69) is 6.92 Å². The van der Waals surface area contributed by atoms with Gasteiger partial charge in [0.05, 0.1) is 7.11 Å². The van der Waals surface area contributed by atoms with Crippen molar-refractivity contribution in [2.24, 2.45) is 0 Å². The number of hydrogen-bond acceptors (Lipinski definition) is 3. The molecule has 0 N–H and O–H groups in total. The van der Waals surface area contributed by atoms with E-state index < -0.39 is 0 Å². The SMILES string of the molecule is CCc1ccc(OC)c2c1OCO2. The van der Waals surface area contributed by atoms with E-state index >= 15 is 0 Å². The summed E-state index contributed by atoms with van der Waals surface area (Å²) < 4.78 is 15.8. The molecule has 0 aromatic heterocycles. The first-order valence-electron chi connectivity index (χ1n) is 4.32. The number of hydrogen-bond donors (Lipinski definition) is 0. The molecule has 3 nitrogen and oxygen atoms in total. The van der Waals surface area contributed by atoms with Crippen LogP contribution in [0.4, 0.5) is 0 Å². The predicted octanol–water partition coefficient (Wildman–Crippen LogP) is 1.99. The highest BCUT2D eigenvalue weighted by Crippen LogP contribution is 2.43. The lowest BCUT2D eigenvalue weighted by atomic mass is 10.1. The number of fused-ring (bicyclic) bond motifs is 1. The number of benzene rings is 1. The van der Waals surface area contributed by atoms with Crippen molar-refractivity contribution >= 4 is 0 Å². The topological polar surface area (TPSA) is 27.7 Å². The third kappa shape index (κ3) is 1.20. The molecule has 2 rings (SSSR count). The molecule has 70 valence electrons. The summed E-state index contributed by atoms with van der Waals surface area (Å²) in [6, 6.07) is 3.92. The lowest BCUT2D eigenvalue weighted by molar-refractivity contribution is 0.170. The van der Waals surface area contributed by atoms with Crippen molar-refractivity contribution in [1.82, 2.24) is 0 Å². The Morgan fingerprint density at radius 3 is 2.77 bits per heavy atom. The third-order valence-electron chi connectivity index (χ3n) is 2.16. The zero-order chi connectivity index (χ0) is 9.26. The van der Waals surface area contributed by atoms with Gasteiger partial charge in [-0.3, -0.25) is 0 Å². The molecule has 0 aliphatic carbocycles. The molecule has 1 heterocycles. The van der Waals surface area contributed by atoms with Gasteiger partial charge in [0.2, 0.25) is 12.5 Å². The minimum atomic E-state index is 0.294. The van der Waals surface area contributed by atoms with E-state index in [1.807, 2.05) is 12.1 Å². The summed E-state index contributed by atoms with van der Waals surface area (Å²) in [6.45, 7) is 2.38. The largest absolute Gasteiger partial charge is 0.493 e. The molecule has 3 heteroatoms. The van der Waals surface area contributed by atoms with Crippen LogP contribution in [0, 0.1) is 0 Å². The van der Waals surface area contributed by atoms with Gasteiger partial charge in [0, 0.05) is 0 Å². The Kier molecular flexibility index (Phi) is 2.00. The summed E-state index contributed by atoms with van der Waals surface area (Å²) in [5.41, 5.74) is 1.16. The van der Waals surface area contributed by atoms with Crippen molar-refractivity contribution in [2.75, 3.05) is 13.9 Å². The number of ether oxygens (including phenoxy) is 3. The van der Waals surface area contributed by atoms with Gasteiger partial charge in [-0.05, 0) is 18.1 Å². The highest BCUT2D eigenvalue weighted by molar-refractivity contribution is 5.56. The second-order valence-corrected chi connectivity index (χ2v) is 2.85. The molecule has 1 aliphatic heterocycles. The predicted molar refractivity (Wildman–Crippen MR) is 48.5 cm³/mol. The summed E-state index contributed by atoms with van der Waals surface area (Å²) in [5.74, 6) is 2.31. The summed E-state index contributed by atoms with van der Waals surface area (Å²) in [5, 5.41) is 0. The van der Waals surface area contributed by atoms with Gasteiger partial charge in [-0.2, -0.15) is 0 Å². The van der Waals surface area contributed by atoms with Gasteiger partial charge in [-0.1, -0.05) is 13.0 Å². The molecule has 0 fully saturated rings. The van der Waals surface area contributed by atoms with Gasteiger partial charge in [-0.15, -0.1) is 0 Å². The molecule has 1 aromatic rings. The molecule has 0 radical (unpaired) electrons. The summed E-state index contributed by atoms with van der Waals surface area (Å²) in [6.07, 6.45) is 0.940. The van der Waals surface area contributed by atoms with Crippen LogP contribution in [0.1, 0.15) is 12.5 Å². The van der Waals surface area contributed by atoms with E-state index in [9.17, 15) is 0 Å². The molecule has 0 amide bonds. The Labute approximate surface area is 77.2 Å². The van der Waals surface area contributed by atoms with Crippen molar-refractivity contribution in [3.63, 3.8) is 0 Å². The lowest BCUT2D eigenvalue weighted by Gasteiger charge is -2.06. The van der Waals surface area contributed by atoms with Gasteiger partial charge >= 0.3 is 0 Å². The second kappa shape index (κ2) is 3.17. The Morgan fingerprint density at radius 1 is 1.31 bits per heavy atom.